The van der Waals surface area contributed by atoms with E-state index in [4.69, 9.17) is 0 Å². The van der Waals surface area contributed by atoms with Gasteiger partial charge in [-0.2, -0.15) is 10.2 Å². The van der Waals surface area contributed by atoms with E-state index >= 15 is 0 Å². The quantitative estimate of drug-likeness (QED) is 0.843. The van der Waals surface area contributed by atoms with Crippen molar-refractivity contribution in [2.45, 2.75) is 40.4 Å². The molecule has 5 heteroatoms. The summed E-state index contributed by atoms with van der Waals surface area (Å²) in [5.74, 6) is 0. The zero-order valence-electron chi connectivity index (χ0n) is 11.3. The second kappa shape index (κ2) is 5.82. The molecule has 0 aliphatic carbocycles. The molecular weight excluding hydrogens is 226 g/mol. The van der Waals surface area contributed by atoms with Gasteiger partial charge in [-0.1, -0.05) is 6.92 Å². The van der Waals surface area contributed by atoms with Crippen LogP contribution in [0.4, 0.5) is 0 Å². The highest BCUT2D eigenvalue weighted by Crippen LogP contribution is 2.06. The Morgan fingerprint density at radius 2 is 2.11 bits per heavy atom. The molecule has 1 N–H and O–H groups in total. The van der Waals surface area contributed by atoms with Crippen molar-refractivity contribution in [1.82, 2.24) is 24.9 Å². The molecule has 2 heterocycles. The Morgan fingerprint density at radius 1 is 1.28 bits per heavy atom. The molecule has 5 nitrogen and oxygen atoms in total. The van der Waals surface area contributed by atoms with Crippen LogP contribution in [-0.2, 0) is 19.6 Å². The molecule has 2 aromatic rings. The Labute approximate surface area is 108 Å². The molecule has 0 spiro atoms. The fourth-order valence-electron chi connectivity index (χ4n) is 2.01. The van der Waals surface area contributed by atoms with E-state index < -0.39 is 0 Å². The van der Waals surface area contributed by atoms with Crippen LogP contribution < -0.4 is 5.32 Å². The topological polar surface area (TPSA) is 47.7 Å². The van der Waals surface area contributed by atoms with Gasteiger partial charge in [-0.15, -0.1) is 0 Å². The first-order valence-corrected chi connectivity index (χ1v) is 6.49. The van der Waals surface area contributed by atoms with Crippen LogP contribution in [0.3, 0.4) is 0 Å². The van der Waals surface area contributed by atoms with E-state index in [1.54, 1.807) is 0 Å². The first-order chi connectivity index (χ1) is 8.72. The van der Waals surface area contributed by atoms with Gasteiger partial charge in [-0.3, -0.25) is 9.36 Å². The van der Waals surface area contributed by atoms with E-state index in [9.17, 15) is 0 Å². The third-order valence-electron chi connectivity index (χ3n) is 2.86. The largest absolute Gasteiger partial charge is 0.311 e. The molecule has 98 valence electrons. The molecule has 18 heavy (non-hydrogen) atoms. The van der Waals surface area contributed by atoms with E-state index in [0.717, 1.165) is 37.6 Å². The number of nitrogens with one attached hydrogen (secondary N) is 1. The van der Waals surface area contributed by atoms with Gasteiger partial charge in [0.1, 0.15) is 0 Å². The van der Waals surface area contributed by atoms with Crippen LogP contribution in [0.5, 0.6) is 0 Å². The van der Waals surface area contributed by atoms with Gasteiger partial charge >= 0.3 is 0 Å². The second-order valence-electron chi connectivity index (χ2n) is 4.38. The molecule has 0 aliphatic rings. The smallest absolute Gasteiger partial charge is 0.0828 e. The summed E-state index contributed by atoms with van der Waals surface area (Å²) in [5.41, 5.74) is 3.34. The summed E-state index contributed by atoms with van der Waals surface area (Å²) < 4.78 is 4.00. The summed E-state index contributed by atoms with van der Waals surface area (Å²) in [6.07, 6.45) is 2.02. The molecule has 0 bridgehead atoms. The molecule has 0 aromatic carbocycles. The molecule has 0 fully saturated rings. The predicted molar refractivity (Wildman–Crippen MR) is 71.3 cm³/mol. The van der Waals surface area contributed by atoms with Crippen LogP contribution in [0.15, 0.2) is 18.3 Å². The number of hydrogen-bond acceptors (Lipinski definition) is 3. The van der Waals surface area contributed by atoms with Gasteiger partial charge in [-0.05, 0) is 32.5 Å². The fourth-order valence-corrected chi connectivity index (χ4v) is 2.01. The van der Waals surface area contributed by atoms with Crippen molar-refractivity contribution in [1.29, 1.82) is 0 Å². The number of aryl methyl sites for hydroxylation is 2. The average molecular weight is 247 g/mol. The maximum atomic E-state index is 4.54. The molecule has 0 radical (unpaired) electrons. The van der Waals surface area contributed by atoms with Gasteiger partial charge < -0.3 is 5.32 Å². The lowest BCUT2D eigenvalue weighted by Gasteiger charge is -2.04. The lowest BCUT2D eigenvalue weighted by atomic mass is 10.3. The Morgan fingerprint density at radius 3 is 2.83 bits per heavy atom. The highest BCUT2D eigenvalue weighted by molar-refractivity contribution is 5.10. The summed E-state index contributed by atoms with van der Waals surface area (Å²) in [7, 11) is 0. The van der Waals surface area contributed by atoms with Gasteiger partial charge in [0.25, 0.3) is 0 Å². The molecule has 2 rings (SSSR count). The Kier molecular flexibility index (Phi) is 4.15. The Hall–Kier alpha value is -1.62. The number of aromatic nitrogens is 4. The average Bonchev–Trinajstić information content (AvgIpc) is 2.94. The SMILES string of the molecule is CCNCc1ccn(Cc2cc(C)nn2CC)n1. The van der Waals surface area contributed by atoms with Gasteiger partial charge in [0, 0.05) is 19.3 Å². The van der Waals surface area contributed by atoms with E-state index in [0.29, 0.717) is 0 Å². The van der Waals surface area contributed by atoms with Crippen LogP contribution in [-0.4, -0.2) is 26.1 Å². The molecule has 0 amide bonds. The van der Waals surface area contributed by atoms with Crippen LogP contribution in [0, 0.1) is 6.92 Å². The van der Waals surface area contributed by atoms with Crippen molar-refractivity contribution >= 4 is 0 Å². The van der Waals surface area contributed by atoms with Gasteiger partial charge in [0.15, 0.2) is 0 Å². The normalized spacial score (nSPS) is 11.1. The summed E-state index contributed by atoms with van der Waals surface area (Å²) in [6, 6.07) is 4.18. The summed E-state index contributed by atoms with van der Waals surface area (Å²) in [5, 5.41) is 12.3. The molecule has 2 aromatic heterocycles. The van der Waals surface area contributed by atoms with E-state index in [2.05, 4.69) is 41.5 Å². The maximum absolute atomic E-state index is 4.54. The van der Waals surface area contributed by atoms with E-state index in [-0.39, 0.29) is 0 Å². The van der Waals surface area contributed by atoms with Crippen molar-refractivity contribution in [3.8, 4) is 0 Å². The fraction of sp³-hybridized carbons (Fsp3) is 0.538. The predicted octanol–water partition coefficient (Wildman–Crippen LogP) is 1.57. The lowest BCUT2D eigenvalue weighted by Crippen LogP contribution is -2.13. The Balaban J connectivity index is 2.06. The van der Waals surface area contributed by atoms with Crippen molar-refractivity contribution in [2.75, 3.05) is 6.54 Å². The van der Waals surface area contributed by atoms with Crippen LogP contribution in [0.2, 0.25) is 0 Å². The third-order valence-corrected chi connectivity index (χ3v) is 2.86. The summed E-state index contributed by atoms with van der Waals surface area (Å²) >= 11 is 0. The highest BCUT2D eigenvalue weighted by Gasteiger charge is 2.06. The first kappa shape index (κ1) is 12.8. The lowest BCUT2D eigenvalue weighted by molar-refractivity contribution is 0.569. The van der Waals surface area contributed by atoms with Crippen molar-refractivity contribution < 1.29 is 0 Å². The standard InChI is InChI=1S/C13H21N5/c1-4-14-9-12-6-7-17(16-12)10-13-8-11(3)15-18(13)5-2/h6-8,14H,4-5,9-10H2,1-3H3. The van der Waals surface area contributed by atoms with Crippen LogP contribution >= 0.6 is 0 Å². The number of rotatable bonds is 6. The first-order valence-electron chi connectivity index (χ1n) is 6.49. The maximum Gasteiger partial charge on any atom is 0.0828 e. The number of nitrogens with zero attached hydrogens (tertiary/aromatic N) is 4. The van der Waals surface area contributed by atoms with Crippen molar-refractivity contribution in [3.05, 3.63) is 35.4 Å². The molecule has 0 aliphatic heterocycles. The summed E-state index contributed by atoms with van der Waals surface area (Å²) in [4.78, 5) is 0. The highest BCUT2D eigenvalue weighted by atomic mass is 15.3. The minimum atomic E-state index is 0.779. The molecule has 0 atom stereocenters. The second-order valence-corrected chi connectivity index (χ2v) is 4.38. The molecule has 0 saturated carbocycles. The van der Waals surface area contributed by atoms with Crippen LogP contribution in [0.1, 0.15) is 30.9 Å². The van der Waals surface area contributed by atoms with Gasteiger partial charge in [0.05, 0.1) is 23.6 Å². The Bertz CT molecular complexity index is 497. The minimum Gasteiger partial charge on any atom is -0.311 e. The zero-order valence-corrected chi connectivity index (χ0v) is 11.3. The van der Waals surface area contributed by atoms with Crippen molar-refractivity contribution in [3.63, 3.8) is 0 Å². The summed E-state index contributed by atoms with van der Waals surface area (Å²) in [6.45, 7) is 9.70. The van der Waals surface area contributed by atoms with Gasteiger partial charge in [0.2, 0.25) is 0 Å². The van der Waals surface area contributed by atoms with E-state index in [1.165, 1.54) is 5.69 Å². The van der Waals surface area contributed by atoms with Crippen molar-refractivity contribution in [2.24, 2.45) is 0 Å². The molecule has 0 unspecified atom stereocenters. The van der Waals surface area contributed by atoms with Gasteiger partial charge in [-0.25, -0.2) is 0 Å². The third kappa shape index (κ3) is 2.98. The molecular formula is C13H21N5. The zero-order chi connectivity index (χ0) is 13.0. The monoisotopic (exact) mass is 247 g/mol. The minimum absolute atomic E-state index is 0.779. The molecule has 0 saturated heterocycles. The number of hydrogen-bond donors (Lipinski definition) is 1. The van der Waals surface area contributed by atoms with Crippen LogP contribution in [0.25, 0.3) is 0 Å². The van der Waals surface area contributed by atoms with E-state index in [1.807, 2.05) is 22.5 Å².